The zero-order valence-corrected chi connectivity index (χ0v) is 11.9. The summed E-state index contributed by atoms with van der Waals surface area (Å²) in [6, 6.07) is 1.91. The van der Waals surface area contributed by atoms with E-state index < -0.39 is 0 Å². The van der Waals surface area contributed by atoms with Gasteiger partial charge in [-0.2, -0.15) is 0 Å². The molecule has 0 unspecified atom stereocenters. The van der Waals surface area contributed by atoms with Crippen molar-refractivity contribution in [1.29, 1.82) is 0 Å². The van der Waals surface area contributed by atoms with Crippen molar-refractivity contribution in [2.75, 3.05) is 6.54 Å². The van der Waals surface area contributed by atoms with Crippen molar-refractivity contribution in [2.45, 2.75) is 27.2 Å². The summed E-state index contributed by atoms with van der Waals surface area (Å²) in [6.45, 7) is 6.93. The molecule has 5 heteroatoms. The number of rotatable bonds is 1. The van der Waals surface area contributed by atoms with Crippen molar-refractivity contribution in [3.63, 3.8) is 0 Å². The van der Waals surface area contributed by atoms with Gasteiger partial charge in [0.25, 0.3) is 5.91 Å². The minimum atomic E-state index is -0.0974. The molecule has 0 saturated heterocycles. The van der Waals surface area contributed by atoms with Crippen molar-refractivity contribution in [1.82, 2.24) is 20.3 Å². The molecule has 2 aromatic heterocycles. The van der Waals surface area contributed by atoms with Gasteiger partial charge < -0.3 is 10.3 Å². The second kappa shape index (κ2) is 4.44. The monoisotopic (exact) mass is 270 g/mol. The fraction of sp³-hybridized carbons (Fsp3) is 0.400. The predicted octanol–water partition coefficient (Wildman–Crippen LogP) is 2.09. The number of fused-ring (bicyclic) bond motifs is 1. The number of hydrogen-bond acceptors (Lipinski definition) is 3. The molecule has 0 aliphatic carbocycles. The SMILES string of the molecule is Cc1cnccc1-c1nc2c([nH]1)CC(C)(C)CNC2=O. The number of amides is 1. The van der Waals surface area contributed by atoms with Crippen molar-refractivity contribution in [3.05, 3.63) is 35.4 Å². The van der Waals surface area contributed by atoms with Crippen LogP contribution in [0.15, 0.2) is 18.5 Å². The second-order valence-electron chi connectivity index (χ2n) is 6.13. The number of aromatic nitrogens is 3. The Morgan fingerprint density at radius 3 is 2.90 bits per heavy atom. The summed E-state index contributed by atoms with van der Waals surface area (Å²) in [7, 11) is 0. The van der Waals surface area contributed by atoms with E-state index in [-0.39, 0.29) is 11.3 Å². The van der Waals surface area contributed by atoms with Gasteiger partial charge in [-0.1, -0.05) is 13.8 Å². The molecule has 0 spiro atoms. The van der Waals surface area contributed by atoms with Crippen LogP contribution < -0.4 is 5.32 Å². The van der Waals surface area contributed by atoms with Crippen LogP contribution in [0, 0.1) is 12.3 Å². The minimum absolute atomic E-state index is 0.0258. The number of pyridine rings is 1. The Labute approximate surface area is 117 Å². The number of carbonyl (C=O) groups is 1. The van der Waals surface area contributed by atoms with Gasteiger partial charge in [0.2, 0.25) is 0 Å². The molecule has 5 nitrogen and oxygen atoms in total. The van der Waals surface area contributed by atoms with Gasteiger partial charge >= 0.3 is 0 Å². The maximum absolute atomic E-state index is 12.1. The van der Waals surface area contributed by atoms with Crippen LogP contribution in [0.4, 0.5) is 0 Å². The normalized spacial score (nSPS) is 17.2. The number of hydrogen-bond donors (Lipinski definition) is 2. The van der Waals surface area contributed by atoms with Gasteiger partial charge in [-0.25, -0.2) is 4.98 Å². The first kappa shape index (κ1) is 12.8. The number of nitrogens with one attached hydrogen (secondary N) is 2. The summed E-state index contributed by atoms with van der Waals surface area (Å²) >= 11 is 0. The van der Waals surface area contributed by atoms with Crippen molar-refractivity contribution in [3.8, 4) is 11.4 Å². The number of carbonyl (C=O) groups excluding carboxylic acids is 1. The standard InChI is InChI=1S/C15H18N4O/c1-9-7-16-5-4-10(9)13-18-11-6-15(2,3)8-17-14(20)12(11)19-13/h4-5,7H,6,8H2,1-3H3,(H,17,20)(H,18,19). The molecule has 104 valence electrons. The van der Waals surface area contributed by atoms with E-state index >= 15 is 0 Å². The third kappa shape index (κ3) is 2.19. The predicted molar refractivity (Wildman–Crippen MR) is 76.4 cm³/mol. The largest absolute Gasteiger partial charge is 0.350 e. The number of imidazole rings is 1. The molecule has 0 atom stereocenters. The van der Waals surface area contributed by atoms with Gasteiger partial charge in [-0.15, -0.1) is 0 Å². The first-order chi connectivity index (χ1) is 9.46. The van der Waals surface area contributed by atoms with E-state index in [9.17, 15) is 4.79 Å². The Hall–Kier alpha value is -2.17. The zero-order chi connectivity index (χ0) is 14.3. The number of aromatic amines is 1. The lowest BCUT2D eigenvalue weighted by Crippen LogP contribution is -2.32. The van der Waals surface area contributed by atoms with Crippen LogP contribution in [0.5, 0.6) is 0 Å². The van der Waals surface area contributed by atoms with Crippen LogP contribution in [0.25, 0.3) is 11.4 Å². The average Bonchev–Trinajstić information content (AvgIpc) is 2.75. The first-order valence-electron chi connectivity index (χ1n) is 6.74. The highest BCUT2D eigenvalue weighted by Crippen LogP contribution is 2.28. The topological polar surface area (TPSA) is 70.7 Å². The summed E-state index contributed by atoms with van der Waals surface area (Å²) in [5, 5.41) is 2.94. The highest BCUT2D eigenvalue weighted by atomic mass is 16.1. The maximum atomic E-state index is 12.1. The lowest BCUT2D eigenvalue weighted by atomic mass is 9.88. The first-order valence-corrected chi connectivity index (χ1v) is 6.74. The molecule has 1 aliphatic heterocycles. The van der Waals surface area contributed by atoms with Crippen molar-refractivity contribution in [2.24, 2.45) is 5.41 Å². The van der Waals surface area contributed by atoms with Crippen LogP contribution in [0.1, 0.15) is 35.6 Å². The van der Waals surface area contributed by atoms with E-state index in [4.69, 9.17) is 0 Å². The molecule has 3 rings (SSSR count). The molecule has 1 aliphatic rings. The minimum Gasteiger partial charge on any atom is -0.350 e. The van der Waals surface area contributed by atoms with Crippen molar-refractivity contribution >= 4 is 5.91 Å². The Kier molecular flexibility index (Phi) is 2.85. The van der Waals surface area contributed by atoms with Gasteiger partial charge in [0.05, 0.1) is 0 Å². The van der Waals surface area contributed by atoms with Gasteiger partial charge in [0.15, 0.2) is 0 Å². The molecule has 3 heterocycles. The lowest BCUT2D eigenvalue weighted by Gasteiger charge is -2.21. The van der Waals surface area contributed by atoms with Crippen LogP contribution in [-0.2, 0) is 6.42 Å². The second-order valence-corrected chi connectivity index (χ2v) is 6.13. The van der Waals surface area contributed by atoms with Crippen LogP contribution in [0.3, 0.4) is 0 Å². The fourth-order valence-electron chi connectivity index (χ4n) is 2.54. The Morgan fingerprint density at radius 1 is 1.35 bits per heavy atom. The molecule has 0 radical (unpaired) electrons. The highest BCUT2D eigenvalue weighted by molar-refractivity contribution is 5.94. The van der Waals surface area contributed by atoms with Gasteiger partial charge in [-0.3, -0.25) is 9.78 Å². The van der Waals surface area contributed by atoms with E-state index in [1.54, 1.807) is 12.4 Å². The summed E-state index contributed by atoms with van der Waals surface area (Å²) < 4.78 is 0. The van der Waals surface area contributed by atoms with Crippen LogP contribution in [-0.4, -0.2) is 27.4 Å². The van der Waals surface area contributed by atoms with E-state index in [0.29, 0.717) is 12.2 Å². The molecule has 2 aromatic rings. The fourth-order valence-corrected chi connectivity index (χ4v) is 2.54. The van der Waals surface area contributed by atoms with E-state index in [0.717, 1.165) is 29.1 Å². The van der Waals surface area contributed by atoms with E-state index in [1.165, 1.54) is 0 Å². The third-order valence-electron chi connectivity index (χ3n) is 3.65. The molecule has 0 saturated carbocycles. The Morgan fingerprint density at radius 2 is 2.15 bits per heavy atom. The highest BCUT2D eigenvalue weighted by Gasteiger charge is 2.30. The molecular weight excluding hydrogens is 252 g/mol. The molecule has 0 fully saturated rings. The molecule has 0 bridgehead atoms. The molecule has 0 aromatic carbocycles. The number of nitrogens with zero attached hydrogens (tertiary/aromatic N) is 2. The summed E-state index contributed by atoms with van der Waals surface area (Å²) in [4.78, 5) is 24.0. The van der Waals surface area contributed by atoms with E-state index in [2.05, 4.69) is 34.1 Å². The zero-order valence-electron chi connectivity index (χ0n) is 11.9. The lowest BCUT2D eigenvalue weighted by molar-refractivity contribution is 0.0940. The van der Waals surface area contributed by atoms with Crippen LogP contribution in [0.2, 0.25) is 0 Å². The number of aryl methyl sites for hydroxylation is 1. The molecule has 2 N–H and O–H groups in total. The summed E-state index contributed by atoms with van der Waals surface area (Å²) in [5.41, 5.74) is 3.48. The van der Waals surface area contributed by atoms with Gasteiger partial charge in [0, 0.05) is 30.2 Å². The Balaban J connectivity index is 2.09. The molecule has 1 amide bonds. The van der Waals surface area contributed by atoms with Gasteiger partial charge in [0.1, 0.15) is 11.5 Å². The quantitative estimate of drug-likeness (QED) is 0.833. The van der Waals surface area contributed by atoms with E-state index in [1.807, 2.05) is 13.0 Å². The van der Waals surface area contributed by atoms with Gasteiger partial charge in [-0.05, 0) is 30.4 Å². The summed E-state index contributed by atoms with van der Waals surface area (Å²) in [6.07, 6.45) is 4.34. The smallest absolute Gasteiger partial charge is 0.271 e. The Bertz CT molecular complexity index is 672. The third-order valence-corrected chi connectivity index (χ3v) is 3.65. The molecular formula is C15H18N4O. The number of H-pyrrole nitrogens is 1. The maximum Gasteiger partial charge on any atom is 0.271 e. The van der Waals surface area contributed by atoms with Crippen molar-refractivity contribution < 1.29 is 4.79 Å². The van der Waals surface area contributed by atoms with Crippen LogP contribution >= 0.6 is 0 Å². The summed E-state index contributed by atoms with van der Waals surface area (Å²) in [5.74, 6) is 0.641. The molecule has 20 heavy (non-hydrogen) atoms. The average molecular weight is 270 g/mol.